The fraction of sp³-hybridized carbons (Fsp3) is 0.909. The van der Waals surface area contributed by atoms with Crippen LogP contribution in [0.5, 0.6) is 0 Å². The predicted molar refractivity (Wildman–Crippen MR) is 60.3 cm³/mol. The van der Waals surface area contributed by atoms with E-state index in [1.165, 1.54) is 0 Å². The standard InChI is InChI=1S/C11H24N2O/c1-5-11(6-2,7-3)13-10(14)9-12-8-4/h12H,5-9H2,1-4H3,(H,13,14). The molecule has 0 aliphatic heterocycles. The van der Waals surface area contributed by atoms with Crippen LogP contribution in [0.2, 0.25) is 0 Å². The highest BCUT2D eigenvalue weighted by molar-refractivity contribution is 5.78. The van der Waals surface area contributed by atoms with E-state index in [0.717, 1.165) is 25.8 Å². The van der Waals surface area contributed by atoms with Crippen molar-refractivity contribution in [3.63, 3.8) is 0 Å². The molecule has 0 heterocycles. The quantitative estimate of drug-likeness (QED) is 0.656. The summed E-state index contributed by atoms with van der Waals surface area (Å²) in [5.41, 5.74) is 0.00645. The number of hydrogen-bond acceptors (Lipinski definition) is 2. The third kappa shape index (κ3) is 4.09. The van der Waals surface area contributed by atoms with E-state index in [9.17, 15) is 4.79 Å². The molecule has 0 aliphatic carbocycles. The van der Waals surface area contributed by atoms with Crippen LogP contribution >= 0.6 is 0 Å². The van der Waals surface area contributed by atoms with Crippen molar-refractivity contribution in [3.05, 3.63) is 0 Å². The number of rotatable bonds is 7. The molecule has 0 rings (SSSR count). The van der Waals surface area contributed by atoms with Crippen molar-refractivity contribution in [2.75, 3.05) is 13.1 Å². The Morgan fingerprint density at radius 1 is 1.07 bits per heavy atom. The molecule has 3 heteroatoms. The first-order valence-electron chi connectivity index (χ1n) is 5.65. The van der Waals surface area contributed by atoms with Gasteiger partial charge in [0.05, 0.1) is 6.54 Å². The van der Waals surface area contributed by atoms with Crippen LogP contribution in [0.4, 0.5) is 0 Å². The van der Waals surface area contributed by atoms with Gasteiger partial charge >= 0.3 is 0 Å². The molecule has 0 aromatic rings. The Bertz CT molecular complexity index is 156. The van der Waals surface area contributed by atoms with Gasteiger partial charge in [-0.15, -0.1) is 0 Å². The third-order valence-electron chi connectivity index (χ3n) is 2.97. The number of amides is 1. The maximum atomic E-state index is 11.5. The van der Waals surface area contributed by atoms with Crippen molar-refractivity contribution < 1.29 is 4.79 Å². The summed E-state index contributed by atoms with van der Waals surface area (Å²) in [6, 6.07) is 0. The minimum Gasteiger partial charge on any atom is -0.350 e. The van der Waals surface area contributed by atoms with Crippen LogP contribution in [0.1, 0.15) is 47.0 Å². The van der Waals surface area contributed by atoms with E-state index in [1.807, 2.05) is 6.92 Å². The van der Waals surface area contributed by atoms with Gasteiger partial charge in [0.1, 0.15) is 0 Å². The molecular formula is C11H24N2O. The largest absolute Gasteiger partial charge is 0.350 e. The Kier molecular flexibility index (Phi) is 6.54. The van der Waals surface area contributed by atoms with Crippen LogP contribution in [0.25, 0.3) is 0 Å². The van der Waals surface area contributed by atoms with Crippen LogP contribution < -0.4 is 10.6 Å². The monoisotopic (exact) mass is 200 g/mol. The summed E-state index contributed by atoms with van der Waals surface area (Å²) in [7, 11) is 0. The number of carbonyl (C=O) groups excluding carboxylic acids is 1. The van der Waals surface area contributed by atoms with Crippen molar-refractivity contribution in [1.82, 2.24) is 10.6 Å². The Labute approximate surface area is 87.6 Å². The number of nitrogens with one attached hydrogen (secondary N) is 2. The smallest absolute Gasteiger partial charge is 0.234 e. The highest BCUT2D eigenvalue weighted by Gasteiger charge is 2.25. The van der Waals surface area contributed by atoms with Gasteiger partial charge in [0, 0.05) is 5.54 Å². The molecule has 0 fully saturated rings. The zero-order chi connectivity index (χ0) is 11.0. The minimum atomic E-state index is 0.00645. The minimum absolute atomic E-state index is 0.00645. The van der Waals surface area contributed by atoms with E-state index in [1.54, 1.807) is 0 Å². The van der Waals surface area contributed by atoms with Crippen molar-refractivity contribution in [1.29, 1.82) is 0 Å². The molecule has 0 atom stereocenters. The second-order valence-electron chi connectivity index (χ2n) is 3.67. The summed E-state index contributed by atoms with van der Waals surface area (Å²) in [4.78, 5) is 11.5. The van der Waals surface area contributed by atoms with Gasteiger partial charge in [-0.05, 0) is 25.8 Å². The number of likely N-dealkylation sites (N-methyl/N-ethyl adjacent to an activating group) is 1. The predicted octanol–water partition coefficient (Wildman–Crippen LogP) is 1.68. The molecule has 84 valence electrons. The second-order valence-corrected chi connectivity index (χ2v) is 3.67. The first-order valence-corrected chi connectivity index (χ1v) is 5.65. The summed E-state index contributed by atoms with van der Waals surface area (Å²) in [5.74, 6) is 0.109. The van der Waals surface area contributed by atoms with Crippen LogP contribution in [0, 0.1) is 0 Å². The van der Waals surface area contributed by atoms with Gasteiger partial charge in [-0.3, -0.25) is 4.79 Å². The SMILES string of the molecule is CCNCC(=O)NC(CC)(CC)CC. The second kappa shape index (κ2) is 6.82. The number of hydrogen-bond donors (Lipinski definition) is 2. The summed E-state index contributed by atoms with van der Waals surface area (Å²) >= 11 is 0. The van der Waals surface area contributed by atoms with E-state index in [2.05, 4.69) is 31.4 Å². The lowest BCUT2D eigenvalue weighted by Gasteiger charge is -2.31. The Balaban J connectivity index is 4.08. The van der Waals surface area contributed by atoms with Crippen LogP contribution in [0.15, 0.2) is 0 Å². The summed E-state index contributed by atoms with van der Waals surface area (Å²) in [6.45, 7) is 9.64. The summed E-state index contributed by atoms with van der Waals surface area (Å²) in [6.07, 6.45) is 2.99. The zero-order valence-electron chi connectivity index (χ0n) is 9.94. The Hall–Kier alpha value is -0.570. The topological polar surface area (TPSA) is 41.1 Å². The highest BCUT2D eigenvalue weighted by Crippen LogP contribution is 2.18. The van der Waals surface area contributed by atoms with Gasteiger partial charge in [-0.2, -0.15) is 0 Å². The fourth-order valence-corrected chi connectivity index (χ4v) is 1.59. The maximum Gasteiger partial charge on any atom is 0.234 e. The number of carbonyl (C=O) groups is 1. The molecule has 0 radical (unpaired) electrons. The van der Waals surface area contributed by atoms with Gasteiger partial charge in [0.25, 0.3) is 0 Å². The first-order chi connectivity index (χ1) is 6.64. The summed E-state index contributed by atoms with van der Waals surface area (Å²) < 4.78 is 0. The van der Waals surface area contributed by atoms with Gasteiger partial charge in [-0.25, -0.2) is 0 Å². The van der Waals surface area contributed by atoms with Gasteiger partial charge in [0.2, 0.25) is 5.91 Å². The van der Waals surface area contributed by atoms with E-state index in [4.69, 9.17) is 0 Å². The lowest BCUT2D eigenvalue weighted by Crippen LogP contribution is -2.49. The van der Waals surface area contributed by atoms with E-state index >= 15 is 0 Å². The lowest BCUT2D eigenvalue weighted by molar-refractivity contribution is -0.122. The highest BCUT2D eigenvalue weighted by atomic mass is 16.2. The summed E-state index contributed by atoms with van der Waals surface area (Å²) in [5, 5.41) is 6.14. The van der Waals surface area contributed by atoms with Gasteiger partial charge in [-0.1, -0.05) is 27.7 Å². The molecule has 0 unspecified atom stereocenters. The molecule has 0 saturated heterocycles. The van der Waals surface area contributed by atoms with Crippen LogP contribution in [-0.2, 0) is 4.79 Å². The first kappa shape index (κ1) is 13.4. The average molecular weight is 200 g/mol. The van der Waals surface area contributed by atoms with Crippen LogP contribution in [0.3, 0.4) is 0 Å². The maximum absolute atomic E-state index is 11.5. The van der Waals surface area contributed by atoms with Crippen molar-refractivity contribution in [2.45, 2.75) is 52.5 Å². The molecule has 0 spiro atoms. The lowest BCUT2D eigenvalue weighted by atomic mass is 9.90. The van der Waals surface area contributed by atoms with E-state index in [-0.39, 0.29) is 11.4 Å². The molecule has 0 aromatic heterocycles. The normalized spacial score (nSPS) is 11.4. The Morgan fingerprint density at radius 3 is 1.93 bits per heavy atom. The molecule has 0 aliphatic rings. The van der Waals surface area contributed by atoms with Gasteiger partial charge in [0.15, 0.2) is 0 Å². The van der Waals surface area contributed by atoms with Crippen molar-refractivity contribution in [3.8, 4) is 0 Å². The molecular weight excluding hydrogens is 176 g/mol. The molecule has 0 bridgehead atoms. The van der Waals surface area contributed by atoms with Gasteiger partial charge < -0.3 is 10.6 Å². The van der Waals surface area contributed by atoms with Crippen LogP contribution in [-0.4, -0.2) is 24.5 Å². The van der Waals surface area contributed by atoms with E-state index < -0.39 is 0 Å². The molecule has 0 aromatic carbocycles. The zero-order valence-corrected chi connectivity index (χ0v) is 9.94. The van der Waals surface area contributed by atoms with Crippen molar-refractivity contribution >= 4 is 5.91 Å². The third-order valence-corrected chi connectivity index (χ3v) is 2.97. The molecule has 3 nitrogen and oxygen atoms in total. The molecule has 14 heavy (non-hydrogen) atoms. The molecule has 1 amide bonds. The average Bonchev–Trinajstić information content (AvgIpc) is 2.23. The fourth-order valence-electron chi connectivity index (χ4n) is 1.59. The Morgan fingerprint density at radius 2 is 1.57 bits per heavy atom. The van der Waals surface area contributed by atoms with Crippen molar-refractivity contribution in [2.24, 2.45) is 0 Å². The molecule has 2 N–H and O–H groups in total. The molecule has 0 saturated carbocycles. The van der Waals surface area contributed by atoms with E-state index in [0.29, 0.717) is 6.54 Å².